The van der Waals surface area contributed by atoms with E-state index in [-0.39, 0.29) is 31.1 Å². The second-order valence-electron chi connectivity index (χ2n) is 22.4. The molecule has 0 N–H and O–H groups in total. The molecule has 6 heteroatoms. The van der Waals surface area contributed by atoms with Crippen LogP contribution in [-0.4, -0.2) is 37.2 Å². The van der Waals surface area contributed by atoms with Crippen molar-refractivity contribution in [3.63, 3.8) is 0 Å². The Kier molecular flexibility index (Phi) is 60.6. The predicted octanol–water partition coefficient (Wildman–Crippen LogP) is 22.2. The molecule has 0 radical (unpaired) electrons. The van der Waals surface area contributed by atoms with Gasteiger partial charge in [0.1, 0.15) is 13.2 Å². The van der Waals surface area contributed by atoms with Crippen molar-refractivity contribution in [1.82, 2.24) is 0 Å². The van der Waals surface area contributed by atoms with E-state index in [1.807, 2.05) is 0 Å². The molecule has 0 saturated heterocycles. The van der Waals surface area contributed by atoms with Crippen molar-refractivity contribution in [2.45, 2.75) is 374 Å². The third kappa shape index (κ3) is 60.6. The maximum atomic E-state index is 12.9. The van der Waals surface area contributed by atoms with Crippen LogP contribution in [-0.2, 0) is 28.6 Å². The van der Waals surface area contributed by atoms with Gasteiger partial charge in [-0.05, 0) is 70.6 Å². The first kappa shape index (κ1) is 70.9. The molecule has 0 heterocycles. The zero-order chi connectivity index (χ0) is 52.9. The van der Waals surface area contributed by atoms with Crippen LogP contribution in [0.2, 0.25) is 0 Å². The first-order valence-electron chi connectivity index (χ1n) is 32.8. The summed E-state index contributed by atoms with van der Waals surface area (Å²) in [5.41, 5.74) is 0. The van der Waals surface area contributed by atoms with Gasteiger partial charge in [-0.15, -0.1) is 0 Å². The smallest absolute Gasteiger partial charge is 0.306 e. The highest BCUT2D eigenvalue weighted by atomic mass is 16.6. The van der Waals surface area contributed by atoms with Gasteiger partial charge in [-0.3, -0.25) is 14.4 Å². The largest absolute Gasteiger partial charge is 0.462 e. The molecular formula is C67H126O6. The van der Waals surface area contributed by atoms with Crippen molar-refractivity contribution in [2.24, 2.45) is 0 Å². The second-order valence-corrected chi connectivity index (χ2v) is 22.4. The number of carbonyl (C=O) groups excluding carboxylic acids is 3. The minimum atomic E-state index is -0.771. The van der Waals surface area contributed by atoms with Gasteiger partial charge in [0.15, 0.2) is 6.10 Å². The Balaban J connectivity index is 4.30. The topological polar surface area (TPSA) is 78.9 Å². The van der Waals surface area contributed by atoms with Gasteiger partial charge in [-0.25, -0.2) is 0 Å². The van der Waals surface area contributed by atoms with Gasteiger partial charge in [0.25, 0.3) is 0 Å². The Morgan fingerprint density at radius 3 is 0.699 bits per heavy atom. The summed E-state index contributed by atoms with van der Waals surface area (Å²) in [6.07, 6.45) is 74.7. The zero-order valence-electron chi connectivity index (χ0n) is 49.4. The van der Waals surface area contributed by atoms with Crippen molar-refractivity contribution in [1.29, 1.82) is 0 Å². The van der Waals surface area contributed by atoms with E-state index in [2.05, 4.69) is 45.1 Å². The normalized spacial score (nSPS) is 12.1. The molecule has 0 rings (SSSR count). The van der Waals surface area contributed by atoms with E-state index < -0.39 is 6.10 Å². The number of unbranched alkanes of at least 4 members (excludes halogenated alkanes) is 46. The molecule has 0 aromatic rings. The van der Waals surface area contributed by atoms with Crippen molar-refractivity contribution in [3.8, 4) is 0 Å². The molecular weight excluding hydrogens is 901 g/mol. The minimum absolute atomic E-state index is 0.0686. The summed E-state index contributed by atoms with van der Waals surface area (Å²) in [5, 5.41) is 0. The third-order valence-corrected chi connectivity index (χ3v) is 14.9. The number of carbonyl (C=O) groups is 3. The van der Waals surface area contributed by atoms with Gasteiger partial charge in [0.2, 0.25) is 0 Å². The highest BCUT2D eigenvalue weighted by Crippen LogP contribution is 2.18. The summed E-state index contributed by atoms with van der Waals surface area (Å²) in [6, 6.07) is 0. The lowest BCUT2D eigenvalue weighted by atomic mass is 10.0. The van der Waals surface area contributed by atoms with E-state index in [1.54, 1.807) is 0 Å². The van der Waals surface area contributed by atoms with E-state index in [0.29, 0.717) is 19.3 Å². The molecule has 1 atom stereocenters. The van der Waals surface area contributed by atoms with Crippen LogP contribution in [0.1, 0.15) is 367 Å². The molecule has 0 fully saturated rings. The summed E-state index contributed by atoms with van der Waals surface area (Å²) in [4.78, 5) is 38.3. The van der Waals surface area contributed by atoms with Gasteiger partial charge >= 0.3 is 17.9 Å². The fourth-order valence-corrected chi connectivity index (χ4v) is 9.97. The molecule has 0 aliphatic carbocycles. The first-order valence-corrected chi connectivity index (χ1v) is 32.8. The van der Waals surface area contributed by atoms with E-state index in [0.717, 1.165) is 57.8 Å². The Morgan fingerprint density at radius 2 is 0.452 bits per heavy atom. The number of hydrogen-bond donors (Lipinski definition) is 0. The number of esters is 3. The van der Waals surface area contributed by atoms with E-state index in [9.17, 15) is 14.4 Å². The Morgan fingerprint density at radius 1 is 0.260 bits per heavy atom. The molecule has 0 saturated carbocycles. The highest BCUT2D eigenvalue weighted by Gasteiger charge is 2.19. The third-order valence-electron chi connectivity index (χ3n) is 14.9. The Hall–Kier alpha value is -2.11. The molecule has 0 bridgehead atoms. The van der Waals surface area contributed by atoms with E-state index in [4.69, 9.17) is 14.2 Å². The maximum absolute atomic E-state index is 12.9. The van der Waals surface area contributed by atoms with Crippen LogP contribution < -0.4 is 0 Å². The Labute approximate surface area is 455 Å². The van der Waals surface area contributed by atoms with Gasteiger partial charge in [0, 0.05) is 19.3 Å². The van der Waals surface area contributed by atoms with Crippen LogP contribution >= 0.6 is 0 Å². The molecule has 0 spiro atoms. The van der Waals surface area contributed by atoms with Crippen LogP contribution in [0.4, 0.5) is 0 Å². The second kappa shape index (κ2) is 62.4. The maximum Gasteiger partial charge on any atom is 0.306 e. The minimum Gasteiger partial charge on any atom is -0.462 e. The van der Waals surface area contributed by atoms with Gasteiger partial charge in [-0.2, -0.15) is 0 Å². The van der Waals surface area contributed by atoms with Crippen molar-refractivity contribution < 1.29 is 28.6 Å². The highest BCUT2D eigenvalue weighted by molar-refractivity contribution is 5.71. The summed E-state index contributed by atoms with van der Waals surface area (Å²) in [6.45, 7) is 6.69. The van der Waals surface area contributed by atoms with E-state index >= 15 is 0 Å². The lowest BCUT2D eigenvalue weighted by Gasteiger charge is -2.18. The van der Waals surface area contributed by atoms with Crippen LogP contribution in [0.3, 0.4) is 0 Å². The van der Waals surface area contributed by atoms with Crippen molar-refractivity contribution in [3.05, 3.63) is 24.3 Å². The molecule has 73 heavy (non-hydrogen) atoms. The van der Waals surface area contributed by atoms with Gasteiger partial charge < -0.3 is 14.2 Å². The number of hydrogen-bond acceptors (Lipinski definition) is 6. The summed E-state index contributed by atoms with van der Waals surface area (Å²) >= 11 is 0. The lowest BCUT2D eigenvalue weighted by molar-refractivity contribution is -0.167. The van der Waals surface area contributed by atoms with Crippen LogP contribution in [0, 0.1) is 0 Å². The molecule has 0 aromatic carbocycles. The van der Waals surface area contributed by atoms with Gasteiger partial charge in [-0.1, -0.05) is 302 Å². The van der Waals surface area contributed by atoms with Crippen LogP contribution in [0.5, 0.6) is 0 Å². The molecule has 0 amide bonds. The van der Waals surface area contributed by atoms with Crippen molar-refractivity contribution in [2.75, 3.05) is 13.2 Å². The van der Waals surface area contributed by atoms with Crippen LogP contribution in [0.15, 0.2) is 24.3 Å². The Bertz CT molecular complexity index is 1180. The van der Waals surface area contributed by atoms with Crippen LogP contribution in [0.25, 0.3) is 0 Å². The lowest BCUT2D eigenvalue weighted by Crippen LogP contribution is -2.30. The number of ether oxygens (including phenoxy) is 3. The summed E-state index contributed by atoms with van der Waals surface area (Å²) in [5.74, 6) is -0.847. The number of allylic oxidation sites excluding steroid dienone is 4. The van der Waals surface area contributed by atoms with E-state index in [1.165, 1.54) is 270 Å². The molecule has 0 aromatic heterocycles. The molecule has 430 valence electrons. The average molecular weight is 1030 g/mol. The SMILES string of the molecule is CCCCCC/C=C\CCCCCCCCCC(=O)OC[C@@H](COC(=O)CCCCCCCCCCC/C=C\CCCCCCCC)OC(=O)CCCCCCCCCCCCCCCCCCCCCCC. The first-order chi connectivity index (χ1) is 36.0. The quantitative estimate of drug-likeness (QED) is 0.0261. The zero-order valence-corrected chi connectivity index (χ0v) is 49.4. The van der Waals surface area contributed by atoms with Gasteiger partial charge in [0.05, 0.1) is 0 Å². The summed E-state index contributed by atoms with van der Waals surface area (Å²) < 4.78 is 17.0. The average Bonchev–Trinajstić information content (AvgIpc) is 3.39. The molecule has 0 aliphatic rings. The fraction of sp³-hybridized carbons (Fsp3) is 0.896. The molecule has 0 unspecified atom stereocenters. The monoisotopic (exact) mass is 1030 g/mol. The predicted molar refractivity (Wildman–Crippen MR) is 316 cm³/mol. The molecule has 6 nitrogen and oxygen atoms in total. The standard InChI is InChI=1S/C67H126O6/c1-4-7-10-13-16-19-22-25-28-30-32-33-35-37-40-43-46-49-52-55-58-61-67(70)73-64(62-71-65(68)59-56-53-50-47-44-41-38-27-24-21-18-15-12-9-6-3)63-72-66(69)60-57-54-51-48-45-42-39-36-34-31-29-26-23-20-17-14-11-8-5-2/h21,24,26,29,64H,4-20,22-23,25,27-28,30-63H2,1-3H3/b24-21-,29-26-/t64-/m0/s1. The fourth-order valence-electron chi connectivity index (χ4n) is 9.97. The number of rotatable bonds is 61. The van der Waals surface area contributed by atoms with Crippen molar-refractivity contribution >= 4 is 17.9 Å². The molecule has 0 aliphatic heterocycles. The summed E-state index contributed by atoms with van der Waals surface area (Å²) in [7, 11) is 0.